The number of hydrogen-bond donors (Lipinski definition) is 2. The molecule has 3 rings (SSSR count). The lowest BCUT2D eigenvalue weighted by Crippen LogP contribution is -2.24. The number of carbonyl (C=O) groups is 1. The minimum Gasteiger partial charge on any atom is -0.352 e. The molecule has 0 atom stereocenters. The molecule has 0 saturated carbocycles. The molecule has 2 N–H and O–H groups in total. The molecule has 0 unspecified atom stereocenters. The van der Waals surface area contributed by atoms with Crippen LogP contribution in [-0.4, -0.2) is 33.3 Å². The number of halogens is 1. The third-order valence-corrected chi connectivity index (χ3v) is 5.47. The van der Waals surface area contributed by atoms with Gasteiger partial charge in [-0.1, -0.05) is 35.9 Å². The van der Waals surface area contributed by atoms with Gasteiger partial charge in [-0.25, -0.2) is 8.42 Å². The van der Waals surface area contributed by atoms with E-state index in [1.54, 1.807) is 42.5 Å². The number of benzene rings is 2. The number of nitrogens with one attached hydrogen (secondary N) is 2. The minimum atomic E-state index is -3.52. The van der Waals surface area contributed by atoms with Gasteiger partial charge in [0, 0.05) is 29.8 Å². The van der Waals surface area contributed by atoms with Crippen LogP contribution in [0, 0.1) is 0 Å². The first-order valence-electron chi connectivity index (χ1n) is 8.34. The van der Waals surface area contributed by atoms with E-state index in [1.807, 2.05) is 12.1 Å². The van der Waals surface area contributed by atoms with Crippen LogP contribution in [0.2, 0.25) is 5.02 Å². The van der Waals surface area contributed by atoms with Gasteiger partial charge in [0.05, 0.1) is 4.90 Å². The molecule has 0 spiro atoms. The van der Waals surface area contributed by atoms with Crippen molar-refractivity contribution < 1.29 is 13.2 Å². The van der Waals surface area contributed by atoms with E-state index in [9.17, 15) is 13.2 Å². The van der Waals surface area contributed by atoms with Crippen LogP contribution in [0.4, 0.5) is 0 Å². The largest absolute Gasteiger partial charge is 0.352 e. The van der Waals surface area contributed by atoms with Crippen molar-refractivity contribution in [2.75, 3.05) is 13.1 Å². The molecule has 2 aromatic carbocycles. The number of amides is 1. The van der Waals surface area contributed by atoms with Crippen molar-refractivity contribution in [2.24, 2.45) is 4.99 Å². The Morgan fingerprint density at radius 3 is 2.81 bits per heavy atom. The molecule has 0 aromatic heterocycles. The van der Waals surface area contributed by atoms with Crippen LogP contribution in [-0.2, 0) is 14.8 Å². The lowest BCUT2D eigenvalue weighted by molar-refractivity contribution is -0.116. The van der Waals surface area contributed by atoms with Gasteiger partial charge in [0.2, 0.25) is 5.91 Å². The van der Waals surface area contributed by atoms with Crippen molar-refractivity contribution in [2.45, 2.75) is 11.3 Å². The van der Waals surface area contributed by atoms with E-state index in [0.29, 0.717) is 35.9 Å². The van der Waals surface area contributed by atoms with E-state index >= 15 is 0 Å². The molecule has 0 saturated heterocycles. The van der Waals surface area contributed by atoms with Crippen molar-refractivity contribution in [3.8, 4) is 0 Å². The van der Waals surface area contributed by atoms with Crippen LogP contribution < -0.4 is 10.0 Å². The molecule has 1 aliphatic heterocycles. The van der Waals surface area contributed by atoms with Crippen LogP contribution in [0.5, 0.6) is 0 Å². The summed E-state index contributed by atoms with van der Waals surface area (Å²) in [5.41, 5.74) is 1.42. The third kappa shape index (κ3) is 4.96. The van der Waals surface area contributed by atoms with Crippen LogP contribution in [0.3, 0.4) is 0 Å². The molecule has 1 amide bonds. The van der Waals surface area contributed by atoms with E-state index in [4.69, 9.17) is 11.6 Å². The Hall–Kier alpha value is -2.64. The molecule has 6 nitrogen and oxygen atoms in total. The smallest absolute Gasteiger partial charge is 0.263 e. The van der Waals surface area contributed by atoms with Crippen molar-refractivity contribution >= 4 is 39.4 Å². The lowest BCUT2D eigenvalue weighted by Gasteiger charge is -2.02. The quantitative estimate of drug-likeness (QED) is 0.574. The molecule has 0 radical (unpaired) electrons. The van der Waals surface area contributed by atoms with Gasteiger partial charge in [-0.2, -0.15) is 0 Å². The van der Waals surface area contributed by atoms with Gasteiger partial charge in [-0.3, -0.25) is 14.5 Å². The molecule has 8 heteroatoms. The molecule has 0 fully saturated rings. The van der Waals surface area contributed by atoms with Gasteiger partial charge in [0.25, 0.3) is 10.0 Å². The van der Waals surface area contributed by atoms with E-state index in [0.717, 1.165) is 5.56 Å². The van der Waals surface area contributed by atoms with Crippen LogP contribution in [0.1, 0.15) is 17.5 Å². The maximum Gasteiger partial charge on any atom is 0.263 e. The number of nitrogens with zero attached hydrogens (tertiary/aromatic N) is 1. The summed E-state index contributed by atoms with van der Waals surface area (Å²) in [7, 11) is -3.52. The molecule has 2 aromatic rings. The summed E-state index contributed by atoms with van der Waals surface area (Å²) in [5, 5.41) is 3.37. The zero-order valence-corrected chi connectivity index (χ0v) is 15.9. The Labute approximate surface area is 163 Å². The molecule has 140 valence electrons. The Morgan fingerprint density at radius 2 is 2.00 bits per heavy atom. The SMILES string of the molecule is O=C(/C=C/c1cccc(Cl)c1)NCCCN=C1NS(=O)(=O)c2ccccc21. The van der Waals surface area contributed by atoms with E-state index in [-0.39, 0.29) is 10.8 Å². The monoisotopic (exact) mass is 403 g/mol. The Morgan fingerprint density at radius 1 is 1.19 bits per heavy atom. The zero-order chi connectivity index (χ0) is 19.3. The summed E-state index contributed by atoms with van der Waals surface area (Å²) < 4.78 is 26.4. The summed E-state index contributed by atoms with van der Waals surface area (Å²) in [6.45, 7) is 0.828. The first kappa shape index (κ1) is 19.1. The Balaban J connectivity index is 1.47. The Kier molecular flexibility index (Phi) is 5.93. The van der Waals surface area contributed by atoms with Crippen molar-refractivity contribution in [1.29, 1.82) is 0 Å². The normalized spacial score (nSPS) is 16.3. The minimum absolute atomic E-state index is 0.213. The molecular weight excluding hydrogens is 386 g/mol. The highest BCUT2D eigenvalue weighted by Gasteiger charge is 2.29. The highest BCUT2D eigenvalue weighted by atomic mass is 35.5. The maximum absolute atomic E-state index is 12.0. The standard InChI is InChI=1S/C19H18ClN3O3S/c20-15-6-3-5-14(13-15)9-10-18(24)21-11-4-12-22-19-16-7-1-2-8-17(16)27(25,26)23-19/h1-3,5-10,13H,4,11-12H2,(H,21,24)(H,22,23)/b10-9+. The highest BCUT2D eigenvalue weighted by molar-refractivity contribution is 7.90. The first-order chi connectivity index (χ1) is 13.0. The van der Waals surface area contributed by atoms with Crippen LogP contribution >= 0.6 is 11.6 Å². The van der Waals surface area contributed by atoms with E-state index in [1.165, 1.54) is 6.08 Å². The van der Waals surface area contributed by atoms with Gasteiger partial charge in [-0.15, -0.1) is 0 Å². The average Bonchev–Trinajstić information content (AvgIpc) is 2.91. The van der Waals surface area contributed by atoms with Crippen molar-refractivity contribution in [3.05, 3.63) is 70.8 Å². The summed E-state index contributed by atoms with van der Waals surface area (Å²) in [4.78, 5) is 16.4. The van der Waals surface area contributed by atoms with Crippen LogP contribution in [0.15, 0.2) is 64.5 Å². The fraction of sp³-hybridized carbons (Fsp3) is 0.158. The Bertz CT molecular complexity index is 1020. The van der Waals surface area contributed by atoms with Gasteiger partial charge in [0.1, 0.15) is 5.84 Å². The highest BCUT2D eigenvalue weighted by Crippen LogP contribution is 2.22. The molecular formula is C19H18ClN3O3S. The van der Waals surface area contributed by atoms with E-state index in [2.05, 4.69) is 15.0 Å². The second kappa shape index (κ2) is 8.37. The average molecular weight is 404 g/mol. The summed E-state index contributed by atoms with van der Waals surface area (Å²) in [6.07, 6.45) is 3.72. The van der Waals surface area contributed by atoms with Crippen LogP contribution in [0.25, 0.3) is 6.08 Å². The molecule has 0 aliphatic carbocycles. The third-order valence-electron chi connectivity index (χ3n) is 3.84. The number of rotatable bonds is 6. The zero-order valence-electron chi connectivity index (χ0n) is 14.4. The summed E-state index contributed by atoms with van der Waals surface area (Å²) in [5.74, 6) is 0.132. The van der Waals surface area contributed by atoms with Crippen molar-refractivity contribution in [1.82, 2.24) is 10.0 Å². The first-order valence-corrected chi connectivity index (χ1v) is 10.2. The van der Waals surface area contributed by atoms with Gasteiger partial charge < -0.3 is 5.32 Å². The second-order valence-electron chi connectivity index (χ2n) is 5.86. The van der Waals surface area contributed by atoms with Gasteiger partial charge in [-0.05, 0) is 42.3 Å². The lowest BCUT2D eigenvalue weighted by atomic mass is 10.2. The fourth-order valence-electron chi connectivity index (χ4n) is 2.57. The number of hydrogen-bond acceptors (Lipinski definition) is 4. The maximum atomic E-state index is 12.0. The van der Waals surface area contributed by atoms with Crippen molar-refractivity contribution in [3.63, 3.8) is 0 Å². The van der Waals surface area contributed by atoms with Gasteiger partial charge in [0.15, 0.2) is 0 Å². The number of amidine groups is 1. The number of fused-ring (bicyclic) bond motifs is 1. The summed E-state index contributed by atoms with van der Waals surface area (Å²) in [6, 6.07) is 13.9. The number of sulfonamides is 1. The summed E-state index contributed by atoms with van der Waals surface area (Å²) >= 11 is 5.89. The fourth-order valence-corrected chi connectivity index (χ4v) is 4.02. The number of carbonyl (C=O) groups excluding carboxylic acids is 1. The van der Waals surface area contributed by atoms with Gasteiger partial charge >= 0.3 is 0 Å². The predicted octanol–water partition coefficient (Wildman–Crippen LogP) is 2.60. The number of aliphatic imine (C=N–C) groups is 1. The topological polar surface area (TPSA) is 87.6 Å². The predicted molar refractivity (Wildman–Crippen MR) is 106 cm³/mol. The molecule has 27 heavy (non-hydrogen) atoms. The van der Waals surface area contributed by atoms with E-state index < -0.39 is 10.0 Å². The second-order valence-corrected chi connectivity index (χ2v) is 7.95. The molecule has 1 aliphatic rings. The molecule has 1 heterocycles. The molecule has 0 bridgehead atoms.